The van der Waals surface area contributed by atoms with Crippen molar-refractivity contribution in [2.24, 2.45) is 10.8 Å². The van der Waals surface area contributed by atoms with Gasteiger partial charge in [0.2, 0.25) is 13.6 Å². The van der Waals surface area contributed by atoms with E-state index in [-0.39, 0.29) is 40.6 Å². The van der Waals surface area contributed by atoms with Gasteiger partial charge in [-0.3, -0.25) is 32.3 Å². The number of esters is 2. The molecule has 7 rings (SSSR count). The molecule has 0 radical (unpaired) electrons. The minimum Gasteiger partial charge on any atom is -0.437 e. The summed E-state index contributed by atoms with van der Waals surface area (Å²) in [7, 11) is -9.86. The minimum absolute atomic E-state index is 0.00240. The number of rotatable bonds is 8. The highest BCUT2D eigenvalue weighted by Crippen LogP contribution is 2.58. The van der Waals surface area contributed by atoms with Crippen LogP contribution in [0.5, 0.6) is 0 Å². The third-order valence-corrected chi connectivity index (χ3v) is 12.0. The lowest BCUT2D eigenvalue weighted by Gasteiger charge is -2.31. The fourth-order valence-electron chi connectivity index (χ4n) is 6.07. The second-order valence-corrected chi connectivity index (χ2v) is 18.8. The van der Waals surface area contributed by atoms with Crippen LogP contribution in [0.15, 0.2) is 25.3 Å². The maximum Gasteiger partial charge on any atom is 0.478 e. The average molecular weight is 873 g/mol. The molecule has 4 aromatic rings. The van der Waals surface area contributed by atoms with Gasteiger partial charge in [-0.15, -0.1) is 0 Å². The minimum atomic E-state index is -4.96. The van der Waals surface area contributed by atoms with Crippen molar-refractivity contribution in [1.82, 2.24) is 39.0 Å². The van der Waals surface area contributed by atoms with E-state index < -0.39 is 108 Å². The summed E-state index contributed by atoms with van der Waals surface area (Å²) in [6, 6.07) is -0.920. The van der Waals surface area contributed by atoms with E-state index in [0.29, 0.717) is 0 Å². The van der Waals surface area contributed by atoms with Gasteiger partial charge in [0.25, 0.3) is 0 Å². The molecule has 4 N–H and O–H groups in total. The molecule has 0 amide bonds. The monoisotopic (exact) mass is 872 g/mol. The van der Waals surface area contributed by atoms with Crippen molar-refractivity contribution >= 4 is 61.5 Å². The fourth-order valence-corrected chi connectivity index (χ4v) is 8.61. The van der Waals surface area contributed by atoms with E-state index in [2.05, 4.69) is 29.9 Å². The third kappa shape index (κ3) is 8.95. The number of nitrogen functional groups attached to an aromatic ring is 2. The summed E-state index contributed by atoms with van der Waals surface area (Å²) in [6.07, 6.45) is -4.97. The highest BCUT2D eigenvalue weighted by atomic mass is 31.2. The first-order valence-corrected chi connectivity index (χ1v) is 21.0. The van der Waals surface area contributed by atoms with Crippen LogP contribution in [0.3, 0.4) is 0 Å². The molecule has 0 spiro atoms. The van der Waals surface area contributed by atoms with Gasteiger partial charge in [0.15, 0.2) is 35.3 Å². The number of nitrogens with zero attached hydrogens (tertiary/aromatic N) is 8. The lowest BCUT2D eigenvalue weighted by atomic mass is 9.98. The number of nitrogens with two attached hydrogens (primary N) is 2. The average Bonchev–Trinajstić information content (AvgIpc) is 3.95. The molecule has 24 nitrogen and oxygen atoms in total. The fraction of sp³-hybridized carbons (Fsp3) is 0.625. The van der Waals surface area contributed by atoms with Gasteiger partial charge in [-0.05, 0) is 41.5 Å². The maximum atomic E-state index is 16.8. The maximum absolute atomic E-state index is 16.8. The Morgan fingerprint density at radius 1 is 0.746 bits per heavy atom. The summed E-state index contributed by atoms with van der Waals surface area (Å²) in [6.45, 7) is 6.03. The van der Waals surface area contributed by atoms with E-state index in [4.69, 9.17) is 57.6 Å². The van der Waals surface area contributed by atoms with E-state index in [1.807, 2.05) is 0 Å². The number of alkyl halides is 1. The van der Waals surface area contributed by atoms with Crippen molar-refractivity contribution in [3.8, 4) is 0 Å². The third-order valence-electron chi connectivity index (χ3n) is 9.22. The van der Waals surface area contributed by atoms with Crippen molar-refractivity contribution < 1.29 is 69.2 Å². The van der Waals surface area contributed by atoms with Crippen molar-refractivity contribution in [2.75, 3.05) is 44.9 Å². The first kappa shape index (κ1) is 42.8. The summed E-state index contributed by atoms with van der Waals surface area (Å²) in [5.74, 6) is -1.35. The van der Waals surface area contributed by atoms with E-state index in [1.165, 1.54) is 28.1 Å². The molecule has 0 aromatic carbocycles. The molecule has 0 aliphatic carbocycles. The van der Waals surface area contributed by atoms with Gasteiger partial charge >= 0.3 is 27.6 Å². The Kier molecular flexibility index (Phi) is 11.8. The number of ether oxygens (including phenoxy) is 4. The van der Waals surface area contributed by atoms with E-state index in [0.717, 1.165) is 6.33 Å². The number of carbonyl (C=O) groups excluding carboxylic acids is 2. The van der Waals surface area contributed by atoms with Crippen molar-refractivity contribution in [2.45, 2.75) is 84.4 Å². The first-order valence-electron chi connectivity index (χ1n) is 18.0. The number of hydrogen-bond acceptors (Lipinski definition) is 22. The van der Waals surface area contributed by atoms with Crippen LogP contribution in [-0.2, 0) is 64.8 Å². The van der Waals surface area contributed by atoms with Crippen LogP contribution in [0.1, 0.15) is 53.8 Å². The zero-order valence-corrected chi connectivity index (χ0v) is 34.4. The zero-order chi connectivity index (χ0) is 42.5. The molecular formula is C32H43FN10O14P2. The number of imidazole rings is 2. The summed E-state index contributed by atoms with van der Waals surface area (Å²) in [5, 5.41) is 0. The Bertz CT molecular complexity index is 2300. The normalized spacial score (nSPS) is 30.7. The smallest absolute Gasteiger partial charge is 0.437 e. The molecule has 27 heteroatoms. The largest absolute Gasteiger partial charge is 0.478 e. The van der Waals surface area contributed by atoms with Crippen LogP contribution in [0.25, 0.3) is 22.3 Å². The van der Waals surface area contributed by atoms with Crippen LogP contribution in [0, 0.1) is 10.8 Å². The zero-order valence-electron chi connectivity index (χ0n) is 32.6. The van der Waals surface area contributed by atoms with Gasteiger partial charge in [0, 0.05) is 0 Å². The lowest BCUT2D eigenvalue weighted by molar-refractivity contribution is -0.161. The second-order valence-electron chi connectivity index (χ2n) is 15.6. The number of aromatic nitrogens is 8. The molecule has 4 aromatic heterocycles. The predicted octanol–water partition coefficient (Wildman–Crippen LogP) is 3.17. The second kappa shape index (κ2) is 16.3. The summed E-state index contributed by atoms with van der Waals surface area (Å²) < 4.78 is 106. The lowest BCUT2D eigenvalue weighted by Crippen LogP contribution is -2.38. The van der Waals surface area contributed by atoms with E-state index >= 15 is 4.39 Å². The van der Waals surface area contributed by atoms with E-state index in [9.17, 15) is 18.7 Å². The quantitative estimate of drug-likeness (QED) is 0.146. The molecule has 0 saturated carbocycles. The molecule has 322 valence electrons. The van der Waals surface area contributed by atoms with Crippen molar-refractivity contribution in [1.29, 1.82) is 0 Å². The molecule has 3 aliphatic heterocycles. The Hall–Kier alpha value is -4.29. The summed E-state index contributed by atoms with van der Waals surface area (Å²) in [4.78, 5) is 49.9. The van der Waals surface area contributed by atoms with Gasteiger partial charge in [0.1, 0.15) is 48.1 Å². The Labute approximate surface area is 334 Å². The topological polar surface area (TPSA) is 300 Å². The SMILES string of the molecule is CC(C)(C)C(=O)OCOP1(=O)OC[C@H]2OC[C@@H](n3cnc4c(N)ncnc43)[C@@H]2OP(=O)(OCOC(=O)C(C)(C)C)OC[C@H]2O[C@@H](n3cnc4c(N)ncnc43)[C@H](F)[C@@H]2O1. The van der Waals surface area contributed by atoms with Gasteiger partial charge < -0.3 is 35.0 Å². The molecule has 7 heterocycles. The molecular weight excluding hydrogens is 829 g/mol. The highest BCUT2D eigenvalue weighted by molar-refractivity contribution is 7.48. The number of carbonyl (C=O) groups is 2. The number of anilines is 2. The van der Waals surface area contributed by atoms with Crippen LogP contribution in [-0.4, -0.2) is 115 Å². The van der Waals surface area contributed by atoms with Gasteiger partial charge in [-0.1, -0.05) is 0 Å². The van der Waals surface area contributed by atoms with E-state index in [1.54, 1.807) is 41.5 Å². The first-order chi connectivity index (χ1) is 27.8. The van der Waals surface area contributed by atoms with Crippen LogP contribution >= 0.6 is 15.6 Å². The summed E-state index contributed by atoms with van der Waals surface area (Å²) in [5.41, 5.74) is 10.7. The number of hydrogen-bond donors (Lipinski definition) is 2. The van der Waals surface area contributed by atoms with Crippen LogP contribution < -0.4 is 11.5 Å². The Balaban J connectivity index is 1.25. The molecule has 3 saturated heterocycles. The number of fused-ring (bicyclic) bond motifs is 4. The predicted molar refractivity (Wildman–Crippen MR) is 197 cm³/mol. The molecule has 2 unspecified atom stereocenters. The molecule has 3 fully saturated rings. The van der Waals surface area contributed by atoms with Crippen LogP contribution in [0.4, 0.5) is 16.0 Å². The highest BCUT2D eigenvalue weighted by Gasteiger charge is 2.54. The summed E-state index contributed by atoms with van der Waals surface area (Å²) >= 11 is 0. The van der Waals surface area contributed by atoms with Gasteiger partial charge in [-0.25, -0.2) is 52.5 Å². The molecule has 59 heavy (non-hydrogen) atoms. The van der Waals surface area contributed by atoms with Crippen molar-refractivity contribution in [3.63, 3.8) is 0 Å². The molecule has 3 aliphatic rings. The Morgan fingerprint density at radius 2 is 1.24 bits per heavy atom. The van der Waals surface area contributed by atoms with Gasteiger partial charge in [0.05, 0.1) is 49.3 Å². The van der Waals surface area contributed by atoms with Crippen molar-refractivity contribution in [3.05, 3.63) is 25.3 Å². The van der Waals surface area contributed by atoms with Crippen LogP contribution in [0.2, 0.25) is 0 Å². The number of phosphoric acid groups is 2. The molecule has 9 atom stereocenters. The standard InChI is InChI=1S/C32H43FN10O14P2/c1-31(2,3)29(44)49-14-53-58(46)52-9-18-23(19(33)28(55-18)43-13-41-21-25(35)37-11-39-27(21)43)57-59(47,54-15-50-30(45)32(4,5)6)51-8-17-22(56-58)16(7-48-17)42-12-40-20-24(34)36-10-38-26(20)42/h10-13,16-19,22-23,28H,7-9,14-15H2,1-6H3,(H2,34,36,38)(H2,35,37,39)/t16-,17-,18-,19-,22+,23-,28-,58?,59?/m1/s1. The Morgan fingerprint density at radius 3 is 1.78 bits per heavy atom. The number of phosphoric ester groups is 2. The number of halogens is 1. The van der Waals surface area contributed by atoms with Gasteiger partial charge in [-0.2, -0.15) is 0 Å². The molecule has 0 bridgehead atoms.